The molecule has 0 heterocycles. The van der Waals surface area contributed by atoms with Gasteiger partial charge in [0.25, 0.3) is 0 Å². The van der Waals surface area contributed by atoms with Crippen LogP contribution in [0.2, 0.25) is 0 Å². The highest BCUT2D eigenvalue weighted by Gasteiger charge is 1.84. The van der Waals surface area contributed by atoms with Crippen LogP contribution in [0.3, 0.4) is 0 Å². The third-order valence-electron chi connectivity index (χ3n) is 0.938. The maximum atomic E-state index is 5.13. The molecule has 1 aromatic rings. The lowest BCUT2D eigenvalue weighted by Crippen LogP contribution is -2.06. The van der Waals surface area contributed by atoms with Crippen molar-refractivity contribution in [2.45, 2.75) is 0 Å². The summed E-state index contributed by atoms with van der Waals surface area (Å²) < 4.78 is 4.96. The maximum Gasteiger partial charge on any atom is 0.137 e. The van der Waals surface area contributed by atoms with Gasteiger partial charge in [0.15, 0.2) is 0 Å². The summed E-state index contributed by atoms with van der Waals surface area (Å²) in [5.41, 5.74) is 5.13. The van der Waals surface area contributed by atoms with Gasteiger partial charge in [-0.15, -0.1) is 0 Å². The number of rotatable bonds is 2. The number of ether oxygens (including phenoxy) is 1. The fourth-order valence-corrected chi connectivity index (χ4v) is 0.564. The van der Waals surface area contributed by atoms with Crippen molar-refractivity contribution < 1.29 is 4.74 Å². The molecule has 0 fully saturated rings. The Morgan fingerprint density at radius 2 is 2.11 bits per heavy atom. The SMILES string of the molecule is NCOc1cc[c]cc1. The fourth-order valence-electron chi connectivity index (χ4n) is 0.564. The summed E-state index contributed by atoms with van der Waals surface area (Å²) in [7, 11) is 0. The van der Waals surface area contributed by atoms with Gasteiger partial charge in [-0.2, -0.15) is 0 Å². The molecule has 47 valence electrons. The van der Waals surface area contributed by atoms with Crippen molar-refractivity contribution in [3.05, 3.63) is 30.3 Å². The molecule has 0 atom stereocenters. The lowest BCUT2D eigenvalue weighted by Gasteiger charge is -1.98. The molecule has 2 nitrogen and oxygen atoms in total. The van der Waals surface area contributed by atoms with Gasteiger partial charge in [-0.1, -0.05) is 12.1 Å². The van der Waals surface area contributed by atoms with Crippen LogP contribution >= 0.6 is 0 Å². The summed E-state index contributed by atoms with van der Waals surface area (Å²) in [4.78, 5) is 0. The van der Waals surface area contributed by atoms with E-state index in [0.29, 0.717) is 0 Å². The molecule has 0 aliphatic carbocycles. The first-order valence-corrected chi connectivity index (χ1v) is 2.72. The van der Waals surface area contributed by atoms with Crippen molar-refractivity contribution >= 4 is 0 Å². The van der Waals surface area contributed by atoms with Crippen LogP contribution in [0.15, 0.2) is 24.3 Å². The standard InChI is InChI=1S/C7H8NO/c8-6-9-7-4-2-1-3-5-7/h2-5H,6,8H2. The highest BCUT2D eigenvalue weighted by molar-refractivity contribution is 5.19. The van der Waals surface area contributed by atoms with Gasteiger partial charge >= 0.3 is 0 Å². The van der Waals surface area contributed by atoms with Crippen LogP contribution in [0.5, 0.6) is 5.75 Å². The van der Waals surface area contributed by atoms with Gasteiger partial charge in [-0.25, -0.2) is 0 Å². The minimum atomic E-state index is 0.226. The molecule has 1 radical (unpaired) electrons. The van der Waals surface area contributed by atoms with E-state index in [1.165, 1.54) is 0 Å². The zero-order valence-electron chi connectivity index (χ0n) is 5.00. The van der Waals surface area contributed by atoms with Crippen LogP contribution < -0.4 is 10.5 Å². The molecule has 0 aromatic heterocycles. The fraction of sp³-hybridized carbons (Fsp3) is 0.143. The quantitative estimate of drug-likeness (QED) is 0.588. The van der Waals surface area contributed by atoms with Crippen molar-refractivity contribution in [2.24, 2.45) is 5.73 Å². The van der Waals surface area contributed by atoms with Crippen molar-refractivity contribution in [1.29, 1.82) is 0 Å². The largest absolute Gasteiger partial charge is 0.479 e. The molecule has 2 heteroatoms. The molecular formula is C7H8NO. The summed E-state index contributed by atoms with van der Waals surface area (Å²) in [6.07, 6.45) is 0. The van der Waals surface area contributed by atoms with Crippen molar-refractivity contribution in [1.82, 2.24) is 0 Å². The molecule has 0 saturated heterocycles. The van der Waals surface area contributed by atoms with E-state index in [-0.39, 0.29) is 6.73 Å². The lowest BCUT2D eigenvalue weighted by atomic mass is 10.3. The Balaban J connectivity index is 2.61. The van der Waals surface area contributed by atoms with Gasteiger partial charge in [0.1, 0.15) is 12.5 Å². The minimum Gasteiger partial charge on any atom is -0.479 e. The van der Waals surface area contributed by atoms with Crippen LogP contribution in [0.25, 0.3) is 0 Å². The Morgan fingerprint density at radius 1 is 1.44 bits per heavy atom. The highest BCUT2D eigenvalue weighted by Crippen LogP contribution is 2.05. The van der Waals surface area contributed by atoms with Gasteiger partial charge in [-0.3, -0.25) is 5.73 Å². The molecule has 0 saturated carbocycles. The zero-order valence-corrected chi connectivity index (χ0v) is 5.00. The van der Waals surface area contributed by atoms with Crippen LogP contribution in [0.1, 0.15) is 0 Å². The molecule has 9 heavy (non-hydrogen) atoms. The zero-order chi connectivity index (χ0) is 6.53. The summed E-state index contributed by atoms with van der Waals surface area (Å²) in [6, 6.07) is 10.1. The smallest absolute Gasteiger partial charge is 0.137 e. The van der Waals surface area contributed by atoms with Crippen molar-refractivity contribution in [2.75, 3.05) is 6.73 Å². The lowest BCUT2D eigenvalue weighted by molar-refractivity contribution is 0.329. The average molecular weight is 122 g/mol. The van der Waals surface area contributed by atoms with E-state index < -0.39 is 0 Å². The minimum absolute atomic E-state index is 0.226. The number of hydrogen-bond acceptors (Lipinski definition) is 2. The van der Waals surface area contributed by atoms with Crippen molar-refractivity contribution in [3.63, 3.8) is 0 Å². The third-order valence-corrected chi connectivity index (χ3v) is 0.938. The molecule has 2 N–H and O–H groups in total. The average Bonchev–Trinajstić information content (AvgIpc) is 1.91. The third kappa shape index (κ3) is 1.74. The van der Waals surface area contributed by atoms with Crippen LogP contribution in [0, 0.1) is 6.07 Å². The van der Waals surface area contributed by atoms with Gasteiger partial charge in [0.05, 0.1) is 0 Å². The molecule has 0 amide bonds. The molecule has 1 rings (SSSR count). The second-order valence-electron chi connectivity index (χ2n) is 1.55. The predicted octanol–water partition coefficient (Wildman–Crippen LogP) is 0.782. The highest BCUT2D eigenvalue weighted by atomic mass is 16.5. The van der Waals surface area contributed by atoms with E-state index in [0.717, 1.165) is 5.75 Å². The summed E-state index contributed by atoms with van der Waals surface area (Å²) >= 11 is 0. The second kappa shape index (κ2) is 3.10. The van der Waals surface area contributed by atoms with E-state index in [4.69, 9.17) is 10.5 Å². The molecule has 0 unspecified atom stereocenters. The maximum absolute atomic E-state index is 5.13. The Labute approximate surface area is 54.2 Å². The summed E-state index contributed by atoms with van der Waals surface area (Å²) in [5.74, 6) is 0.788. The first kappa shape index (κ1) is 6.11. The number of hydrogen-bond donors (Lipinski definition) is 1. The first-order chi connectivity index (χ1) is 4.43. The van der Waals surface area contributed by atoms with Gasteiger partial charge < -0.3 is 4.74 Å². The van der Waals surface area contributed by atoms with E-state index in [1.54, 1.807) is 12.1 Å². The van der Waals surface area contributed by atoms with Gasteiger partial charge in [0.2, 0.25) is 0 Å². The van der Waals surface area contributed by atoms with E-state index in [1.807, 2.05) is 12.1 Å². The monoisotopic (exact) mass is 122 g/mol. The molecule has 1 aromatic carbocycles. The van der Waals surface area contributed by atoms with Crippen LogP contribution in [-0.2, 0) is 0 Å². The Bertz CT molecular complexity index is 162. The molecular weight excluding hydrogens is 114 g/mol. The Kier molecular flexibility index (Phi) is 2.10. The topological polar surface area (TPSA) is 35.2 Å². The van der Waals surface area contributed by atoms with Crippen molar-refractivity contribution in [3.8, 4) is 5.75 Å². The number of benzene rings is 1. The predicted molar refractivity (Wildman–Crippen MR) is 35.0 cm³/mol. The first-order valence-electron chi connectivity index (χ1n) is 2.72. The molecule has 0 aliphatic heterocycles. The van der Waals surface area contributed by atoms with E-state index >= 15 is 0 Å². The van der Waals surface area contributed by atoms with Gasteiger partial charge in [0, 0.05) is 0 Å². The Hall–Kier alpha value is -1.02. The van der Waals surface area contributed by atoms with Crippen LogP contribution in [-0.4, -0.2) is 6.73 Å². The molecule has 0 bridgehead atoms. The van der Waals surface area contributed by atoms with E-state index in [2.05, 4.69) is 6.07 Å². The number of nitrogens with two attached hydrogens (primary N) is 1. The molecule has 0 aliphatic rings. The van der Waals surface area contributed by atoms with Crippen LogP contribution in [0.4, 0.5) is 0 Å². The Morgan fingerprint density at radius 3 is 2.67 bits per heavy atom. The summed E-state index contributed by atoms with van der Waals surface area (Å²) in [5, 5.41) is 0. The summed E-state index contributed by atoms with van der Waals surface area (Å²) in [6.45, 7) is 0.226. The molecule has 0 spiro atoms. The normalized spacial score (nSPS) is 9.00. The second-order valence-corrected chi connectivity index (χ2v) is 1.55. The van der Waals surface area contributed by atoms with Gasteiger partial charge in [-0.05, 0) is 18.2 Å². The van der Waals surface area contributed by atoms with E-state index in [9.17, 15) is 0 Å².